The lowest BCUT2D eigenvalue weighted by Crippen LogP contribution is -2.42. The summed E-state index contributed by atoms with van der Waals surface area (Å²) in [6.07, 6.45) is 11.1. The number of likely N-dealkylation sites (tertiary alicyclic amines) is 1. The van der Waals surface area contributed by atoms with Gasteiger partial charge in [-0.2, -0.15) is 0 Å². The molecule has 21 heavy (non-hydrogen) atoms. The van der Waals surface area contributed by atoms with E-state index in [0.717, 1.165) is 38.8 Å². The van der Waals surface area contributed by atoms with Crippen molar-refractivity contribution >= 4 is 5.91 Å². The highest BCUT2D eigenvalue weighted by Crippen LogP contribution is 2.24. The normalized spacial score (nSPS) is 23.1. The van der Waals surface area contributed by atoms with Crippen LogP contribution in [-0.2, 0) is 4.79 Å². The van der Waals surface area contributed by atoms with E-state index in [4.69, 9.17) is 5.11 Å². The van der Waals surface area contributed by atoms with E-state index in [1.54, 1.807) is 0 Å². The van der Waals surface area contributed by atoms with Crippen molar-refractivity contribution in [1.29, 1.82) is 0 Å². The first-order valence-electron chi connectivity index (χ1n) is 8.60. The van der Waals surface area contributed by atoms with Crippen LogP contribution in [0.25, 0.3) is 0 Å². The maximum Gasteiger partial charge on any atom is 0.240 e. The van der Waals surface area contributed by atoms with Gasteiger partial charge in [0.2, 0.25) is 5.91 Å². The smallest absolute Gasteiger partial charge is 0.240 e. The number of allylic oxidation sites excluding steroid dienone is 2. The van der Waals surface area contributed by atoms with Gasteiger partial charge in [-0.3, -0.25) is 9.69 Å². The molecule has 1 atom stereocenters. The quantitative estimate of drug-likeness (QED) is 0.784. The molecule has 0 aromatic rings. The predicted molar refractivity (Wildman–Crippen MR) is 84.9 cm³/mol. The monoisotopic (exact) mass is 294 g/mol. The molecule has 4 nitrogen and oxygen atoms in total. The van der Waals surface area contributed by atoms with Gasteiger partial charge in [0.05, 0.1) is 6.54 Å². The van der Waals surface area contributed by atoms with Crippen molar-refractivity contribution in [2.75, 3.05) is 26.2 Å². The fourth-order valence-electron chi connectivity index (χ4n) is 3.62. The molecule has 1 saturated heterocycles. The maximum absolute atomic E-state index is 12.6. The maximum atomic E-state index is 12.6. The van der Waals surface area contributed by atoms with E-state index < -0.39 is 0 Å². The Kier molecular flexibility index (Phi) is 6.71. The molecule has 4 heteroatoms. The Morgan fingerprint density at radius 2 is 2.29 bits per heavy atom. The molecular weight excluding hydrogens is 264 g/mol. The summed E-state index contributed by atoms with van der Waals surface area (Å²) in [5.41, 5.74) is 1.24. The summed E-state index contributed by atoms with van der Waals surface area (Å²) in [5.74, 6) is 0.251. The largest absolute Gasteiger partial charge is 0.396 e. The van der Waals surface area contributed by atoms with Crippen molar-refractivity contribution in [3.63, 3.8) is 0 Å². The highest BCUT2D eigenvalue weighted by Gasteiger charge is 2.28. The van der Waals surface area contributed by atoms with Crippen molar-refractivity contribution in [2.24, 2.45) is 0 Å². The molecule has 1 amide bonds. The molecule has 1 unspecified atom stereocenters. The Balaban J connectivity index is 1.90. The second-order valence-corrected chi connectivity index (χ2v) is 6.21. The average molecular weight is 294 g/mol. The summed E-state index contributed by atoms with van der Waals surface area (Å²) < 4.78 is 0. The van der Waals surface area contributed by atoms with Gasteiger partial charge in [-0.1, -0.05) is 6.08 Å². The number of hydrogen-bond donors (Lipinski definition) is 1. The van der Waals surface area contributed by atoms with Crippen molar-refractivity contribution in [3.8, 4) is 0 Å². The van der Waals surface area contributed by atoms with Crippen molar-refractivity contribution in [2.45, 2.75) is 64.3 Å². The molecule has 1 fully saturated rings. The van der Waals surface area contributed by atoms with E-state index in [2.05, 4.69) is 17.9 Å². The molecular formula is C17H30N2O2. The van der Waals surface area contributed by atoms with Crippen LogP contribution in [-0.4, -0.2) is 53.1 Å². The summed E-state index contributed by atoms with van der Waals surface area (Å²) in [4.78, 5) is 17.0. The van der Waals surface area contributed by atoms with E-state index >= 15 is 0 Å². The zero-order chi connectivity index (χ0) is 15.1. The second-order valence-electron chi connectivity index (χ2n) is 6.21. The Morgan fingerprint density at radius 3 is 2.95 bits per heavy atom. The van der Waals surface area contributed by atoms with Crippen LogP contribution in [0.15, 0.2) is 11.8 Å². The lowest BCUT2D eigenvalue weighted by atomic mass is 10.0. The Bertz CT molecular complexity index is 368. The van der Waals surface area contributed by atoms with Gasteiger partial charge in [0.25, 0.3) is 0 Å². The minimum atomic E-state index is 0.251. The first-order valence-corrected chi connectivity index (χ1v) is 8.60. The van der Waals surface area contributed by atoms with Crippen molar-refractivity contribution in [3.05, 3.63) is 11.8 Å². The molecule has 1 N–H and O–H groups in total. The van der Waals surface area contributed by atoms with Gasteiger partial charge in [-0.25, -0.2) is 0 Å². The molecule has 0 radical (unpaired) electrons. The summed E-state index contributed by atoms with van der Waals surface area (Å²) >= 11 is 0. The first-order chi connectivity index (χ1) is 10.3. The third kappa shape index (κ3) is 4.55. The third-order valence-corrected chi connectivity index (χ3v) is 4.76. The molecule has 0 bridgehead atoms. The summed E-state index contributed by atoms with van der Waals surface area (Å²) in [6, 6.07) is 0.486. The first kappa shape index (κ1) is 16.5. The lowest BCUT2D eigenvalue weighted by Gasteiger charge is -2.30. The number of aliphatic hydroxyl groups excluding tert-OH is 1. The van der Waals surface area contributed by atoms with Crippen LogP contribution in [0.2, 0.25) is 0 Å². The van der Waals surface area contributed by atoms with Gasteiger partial charge in [-0.15, -0.1) is 0 Å². The third-order valence-electron chi connectivity index (χ3n) is 4.76. The second kappa shape index (κ2) is 8.54. The highest BCUT2D eigenvalue weighted by molar-refractivity contribution is 5.80. The number of aliphatic hydroxyl groups is 1. The molecule has 120 valence electrons. The van der Waals surface area contributed by atoms with Gasteiger partial charge < -0.3 is 10.0 Å². The van der Waals surface area contributed by atoms with Gasteiger partial charge in [0, 0.05) is 24.9 Å². The number of carbonyl (C=O) groups excluding carboxylic acids is 1. The van der Waals surface area contributed by atoms with E-state index in [9.17, 15) is 4.79 Å². The minimum absolute atomic E-state index is 0.251. The Labute approximate surface area is 128 Å². The SMILES string of the molecule is CCN(C(=O)CN1CCCC1CCCO)C1=CCCCC1. The van der Waals surface area contributed by atoms with Crippen LogP contribution < -0.4 is 0 Å². The van der Waals surface area contributed by atoms with Crippen molar-refractivity contribution < 1.29 is 9.90 Å². The summed E-state index contributed by atoms with van der Waals surface area (Å²) in [7, 11) is 0. The predicted octanol–water partition coefficient (Wildman–Crippen LogP) is 2.53. The zero-order valence-electron chi connectivity index (χ0n) is 13.4. The molecule has 0 aromatic heterocycles. The molecule has 2 aliphatic rings. The molecule has 1 aliphatic carbocycles. The molecule has 1 aliphatic heterocycles. The minimum Gasteiger partial charge on any atom is -0.396 e. The molecule has 1 heterocycles. The molecule has 0 saturated carbocycles. The van der Waals surface area contributed by atoms with E-state index in [1.807, 2.05) is 4.90 Å². The standard InChI is InChI=1S/C17H30N2O2/c1-2-19(16-8-4-3-5-9-16)17(21)14-18-12-6-10-15(18)11-7-13-20/h8,15,20H,2-7,9-14H2,1H3. The number of rotatable bonds is 7. The molecule has 2 rings (SSSR count). The van der Waals surface area contributed by atoms with Crippen LogP contribution >= 0.6 is 0 Å². The van der Waals surface area contributed by atoms with Gasteiger partial charge >= 0.3 is 0 Å². The topological polar surface area (TPSA) is 43.8 Å². The van der Waals surface area contributed by atoms with Crippen molar-refractivity contribution in [1.82, 2.24) is 9.80 Å². The van der Waals surface area contributed by atoms with Crippen LogP contribution in [0.1, 0.15) is 58.3 Å². The average Bonchev–Trinajstić information content (AvgIpc) is 2.94. The Morgan fingerprint density at radius 1 is 1.43 bits per heavy atom. The van der Waals surface area contributed by atoms with E-state index in [-0.39, 0.29) is 12.5 Å². The Hall–Kier alpha value is -0.870. The van der Waals surface area contributed by atoms with Gasteiger partial charge in [-0.05, 0) is 64.8 Å². The number of nitrogens with zero attached hydrogens (tertiary/aromatic N) is 2. The van der Waals surface area contributed by atoms with E-state index in [0.29, 0.717) is 12.6 Å². The van der Waals surface area contributed by atoms with Crippen LogP contribution in [0.3, 0.4) is 0 Å². The number of amides is 1. The fourth-order valence-corrected chi connectivity index (χ4v) is 3.62. The van der Waals surface area contributed by atoms with Gasteiger partial charge in [0.1, 0.15) is 0 Å². The summed E-state index contributed by atoms with van der Waals surface area (Å²) in [6.45, 7) is 4.67. The van der Waals surface area contributed by atoms with Crippen LogP contribution in [0.5, 0.6) is 0 Å². The van der Waals surface area contributed by atoms with Crippen LogP contribution in [0.4, 0.5) is 0 Å². The molecule has 0 spiro atoms. The number of likely N-dealkylation sites (N-methyl/N-ethyl adjacent to an activating group) is 1. The lowest BCUT2D eigenvalue weighted by molar-refractivity contribution is -0.130. The summed E-state index contributed by atoms with van der Waals surface area (Å²) in [5, 5.41) is 8.99. The number of carbonyl (C=O) groups is 1. The fraction of sp³-hybridized carbons (Fsp3) is 0.824. The highest BCUT2D eigenvalue weighted by atomic mass is 16.3. The number of hydrogen-bond acceptors (Lipinski definition) is 3. The van der Waals surface area contributed by atoms with E-state index in [1.165, 1.54) is 31.4 Å². The van der Waals surface area contributed by atoms with Gasteiger partial charge in [0.15, 0.2) is 0 Å². The molecule has 0 aromatic carbocycles. The van der Waals surface area contributed by atoms with Crippen LogP contribution in [0, 0.1) is 0 Å². The zero-order valence-corrected chi connectivity index (χ0v) is 13.4.